The highest BCUT2D eigenvalue weighted by atomic mass is 16.5. The zero-order chi connectivity index (χ0) is 18.5. The molecule has 0 spiro atoms. The van der Waals surface area contributed by atoms with Crippen LogP contribution in [-0.4, -0.2) is 21.0 Å². The first kappa shape index (κ1) is 17.1. The number of rotatable bonds is 5. The van der Waals surface area contributed by atoms with Gasteiger partial charge < -0.3 is 9.84 Å². The molecule has 0 bridgehead atoms. The van der Waals surface area contributed by atoms with Crippen LogP contribution in [0.3, 0.4) is 0 Å². The number of aromatic carboxylic acids is 1. The number of carboxylic acid groups (broad SMARTS) is 1. The number of hydrogen-bond acceptors (Lipinski definition) is 5. The summed E-state index contributed by atoms with van der Waals surface area (Å²) in [4.78, 5) is 19.2. The Hall–Kier alpha value is -3.72. The maximum atomic E-state index is 11.1. The molecule has 1 aromatic heterocycles. The monoisotopic (exact) mass is 345 g/mol. The van der Waals surface area contributed by atoms with E-state index in [9.17, 15) is 4.79 Å². The van der Waals surface area contributed by atoms with E-state index in [2.05, 4.69) is 16.0 Å². The largest absolute Gasteiger partial charge is 0.489 e. The molecule has 26 heavy (non-hydrogen) atoms. The van der Waals surface area contributed by atoms with Crippen molar-refractivity contribution in [2.45, 2.75) is 13.5 Å². The van der Waals surface area contributed by atoms with Gasteiger partial charge in [-0.3, -0.25) is 0 Å². The van der Waals surface area contributed by atoms with E-state index in [0.717, 1.165) is 11.1 Å². The molecule has 1 N–H and O–H groups in total. The lowest BCUT2D eigenvalue weighted by atomic mass is 10.0. The van der Waals surface area contributed by atoms with Crippen molar-refractivity contribution in [1.29, 1.82) is 5.26 Å². The summed E-state index contributed by atoms with van der Waals surface area (Å²) in [5, 5.41) is 18.2. The fraction of sp³-hybridized carbons (Fsp3) is 0.100. The minimum atomic E-state index is -1.10. The Morgan fingerprint density at radius 1 is 1.23 bits per heavy atom. The van der Waals surface area contributed by atoms with Gasteiger partial charge in [0.25, 0.3) is 0 Å². The zero-order valence-electron chi connectivity index (χ0n) is 14.0. The molecule has 0 saturated carbocycles. The molecule has 0 amide bonds. The lowest BCUT2D eigenvalue weighted by Gasteiger charge is -2.10. The molecule has 0 atom stereocenters. The topological polar surface area (TPSA) is 96.1 Å². The van der Waals surface area contributed by atoms with Gasteiger partial charge in [-0.1, -0.05) is 24.3 Å². The number of carbonyl (C=O) groups is 1. The van der Waals surface area contributed by atoms with Crippen molar-refractivity contribution in [1.82, 2.24) is 9.97 Å². The lowest BCUT2D eigenvalue weighted by Crippen LogP contribution is -2.02. The van der Waals surface area contributed by atoms with Crippen molar-refractivity contribution >= 4 is 5.97 Å². The lowest BCUT2D eigenvalue weighted by molar-refractivity contribution is 0.0690. The van der Waals surface area contributed by atoms with Crippen LogP contribution in [0, 0.1) is 18.3 Å². The van der Waals surface area contributed by atoms with Gasteiger partial charge in [-0.2, -0.15) is 5.26 Å². The number of aromatic nitrogens is 2. The fourth-order valence-corrected chi connectivity index (χ4v) is 2.46. The van der Waals surface area contributed by atoms with Crippen LogP contribution in [0.1, 0.15) is 27.2 Å². The number of nitrogens with zero attached hydrogens (tertiary/aromatic N) is 3. The third-order valence-electron chi connectivity index (χ3n) is 3.93. The number of nitriles is 1. The third-order valence-corrected chi connectivity index (χ3v) is 3.93. The molecule has 6 nitrogen and oxygen atoms in total. The van der Waals surface area contributed by atoms with E-state index in [1.807, 2.05) is 19.1 Å². The second-order valence-corrected chi connectivity index (χ2v) is 5.59. The molecule has 128 valence electrons. The Morgan fingerprint density at radius 3 is 2.81 bits per heavy atom. The maximum Gasteiger partial charge on any atom is 0.354 e. The second-order valence-electron chi connectivity index (χ2n) is 5.59. The Balaban J connectivity index is 1.81. The second kappa shape index (κ2) is 7.45. The standard InChI is InChI=1S/C20H15N3O3/c1-13-15(11-21)5-2-6-16(13)12-26-17-7-3-4-14(10-17)19-22-9-8-18(23-19)20(24)25/h2-10H,12H2,1H3,(H,24,25). The smallest absolute Gasteiger partial charge is 0.354 e. The van der Waals surface area contributed by atoms with Gasteiger partial charge in [0.05, 0.1) is 11.6 Å². The summed E-state index contributed by atoms with van der Waals surface area (Å²) in [6, 6.07) is 16.1. The molecule has 1 heterocycles. The number of ether oxygens (including phenoxy) is 1. The van der Waals surface area contributed by atoms with E-state index in [4.69, 9.17) is 15.1 Å². The van der Waals surface area contributed by atoms with Crippen molar-refractivity contribution in [3.63, 3.8) is 0 Å². The molecule has 6 heteroatoms. The van der Waals surface area contributed by atoms with Gasteiger partial charge in [0.15, 0.2) is 11.5 Å². The summed E-state index contributed by atoms with van der Waals surface area (Å²) in [5.41, 5.74) is 3.04. The first-order chi connectivity index (χ1) is 12.6. The highest BCUT2D eigenvalue weighted by Gasteiger charge is 2.09. The Bertz CT molecular complexity index is 1010. The first-order valence-electron chi connectivity index (χ1n) is 7.86. The summed E-state index contributed by atoms with van der Waals surface area (Å²) in [7, 11) is 0. The van der Waals surface area contributed by atoms with E-state index in [1.54, 1.807) is 30.3 Å². The highest BCUT2D eigenvalue weighted by Crippen LogP contribution is 2.23. The molecule has 0 radical (unpaired) electrons. The Labute approximate surface area is 150 Å². The van der Waals surface area contributed by atoms with Crippen LogP contribution >= 0.6 is 0 Å². The molecule has 0 aliphatic rings. The van der Waals surface area contributed by atoms with Gasteiger partial charge in [0.2, 0.25) is 0 Å². The van der Waals surface area contributed by atoms with Crippen LogP contribution in [0.4, 0.5) is 0 Å². The molecule has 0 aliphatic carbocycles. The molecule has 0 saturated heterocycles. The maximum absolute atomic E-state index is 11.1. The van der Waals surface area contributed by atoms with Crippen molar-refractivity contribution in [3.05, 3.63) is 77.1 Å². The number of carboxylic acids is 1. The number of benzene rings is 2. The quantitative estimate of drug-likeness (QED) is 0.759. The van der Waals surface area contributed by atoms with Gasteiger partial charge in [-0.15, -0.1) is 0 Å². The van der Waals surface area contributed by atoms with E-state index in [0.29, 0.717) is 29.3 Å². The zero-order valence-corrected chi connectivity index (χ0v) is 14.0. The van der Waals surface area contributed by atoms with Crippen molar-refractivity contribution < 1.29 is 14.6 Å². The number of hydrogen-bond donors (Lipinski definition) is 1. The average molecular weight is 345 g/mol. The average Bonchev–Trinajstić information content (AvgIpc) is 2.67. The van der Waals surface area contributed by atoms with E-state index in [1.165, 1.54) is 12.3 Å². The minimum absolute atomic E-state index is 0.0646. The summed E-state index contributed by atoms with van der Waals surface area (Å²) in [5.74, 6) is -0.180. The van der Waals surface area contributed by atoms with Crippen molar-refractivity contribution in [2.75, 3.05) is 0 Å². The van der Waals surface area contributed by atoms with Crippen LogP contribution in [0.2, 0.25) is 0 Å². The summed E-state index contributed by atoms with van der Waals surface area (Å²) < 4.78 is 5.83. The third kappa shape index (κ3) is 3.68. The van der Waals surface area contributed by atoms with E-state index >= 15 is 0 Å². The van der Waals surface area contributed by atoms with Crippen LogP contribution in [-0.2, 0) is 6.61 Å². The Morgan fingerprint density at radius 2 is 2.04 bits per heavy atom. The van der Waals surface area contributed by atoms with Crippen LogP contribution in [0.25, 0.3) is 11.4 Å². The van der Waals surface area contributed by atoms with Crippen LogP contribution < -0.4 is 4.74 Å². The first-order valence-corrected chi connectivity index (χ1v) is 7.86. The van der Waals surface area contributed by atoms with Gasteiger partial charge in [0.1, 0.15) is 12.4 Å². The summed E-state index contributed by atoms with van der Waals surface area (Å²) in [6.07, 6.45) is 1.41. The summed E-state index contributed by atoms with van der Waals surface area (Å²) >= 11 is 0. The molecule has 3 aromatic rings. The van der Waals surface area contributed by atoms with Crippen LogP contribution in [0.15, 0.2) is 54.7 Å². The van der Waals surface area contributed by atoms with Gasteiger partial charge in [-0.25, -0.2) is 14.8 Å². The van der Waals surface area contributed by atoms with E-state index < -0.39 is 5.97 Å². The SMILES string of the molecule is Cc1c(C#N)cccc1COc1cccc(-c2nccc(C(=O)O)n2)c1. The van der Waals surface area contributed by atoms with E-state index in [-0.39, 0.29) is 5.69 Å². The fourth-order valence-electron chi connectivity index (χ4n) is 2.46. The molecule has 0 fully saturated rings. The highest BCUT2D eigenvalue weighted by molar-refractivity contribution is 5.85. The van der Waals surface area contributed by atoms with Gasteiger partial charge >= 0.3 is 5.97 Å². The van der Waals surface area contributed by atoms with Gasteiger partial charge in [0, 0.05) is 11.8 Å². The molecular formula is C20H15N3O3. The Kier molecular flexibility index (Phi) is 4.90. The van der Waals surface area contributed by atoms with Crippen LogP contribution in [0.5, 0.6) is 5.75 Å². The minimum Gasteiger partial charge on any atom is -0.489 e. The predicted molar refractivity (Wildman–Crippen MR) is 94.7 cm³/mol. The summed E-state index contributed by atoms with van der Waals surface area (Å²) in [6.45, 7) is 2.21. The molecular weight excluding hydrogens is 330 g/mol. The van der Waals surface area contributed by atoms with Gasteiger partial charge in [-0.05, 0) is 42.3 Å². The molecule has 0 aliphatic heterocycles. The normalized spacial score (nSPS) is 10.2. The van der Waals surface area contributed by atoms with Crippen molar-refractivity contribution in [2.24, 2.45) is 0 Å². The van der Waals surface area contributed by atoms with Crippen molar-refractivity contribution in [3.8, 4) is 23.2 Å². The molecule has 3 rings (SSSR count). The molecule has 0 unspecified atom stereocenters. The molecule has 2 aromatic carbocycles. The predicted octanol–water partition coefficient (Wildman–Crippen LogP) is 3.60.